The summed E-state index contributed by atoms with van der Waals surface area (Å²) in [6.07, 6.45) is 1.43. The van der Waals surface area contributed by atoms with E-state index in [1.165, 1.54) is 19.3 Å². The van der Waals surface area contributed by atoms with Crippen LogP contribution >= 0.6 is 0 Å². The molecule has 8 nitrogen and oxygen atoms in total. The van der Waals surface area contributed by atoms with Crippen LogP contribution < -0.4 is 11.4 Å². The van der Waals surface area contributed by atoms with Crippen LogP contribution in [0.5, 0.6) is 0 Å². The van der Waals surface area contributed by atoms with E-state index in [0.29, 0.717) is 27.3 Å². The molecule has 0 aliphatic heterocycles. The van der Waals surface area contributed by atoms with Gasteiger partial charge in [0.15, 0.2) is 0 Å². The SMILES string of the molecule is COC(=O)Cc1cc(N)ccc1S(=N)(=N)N=C(C)/C=C(\C)B(N)O. The highest BCUT2D eigenvalue weighted by molar-refractivity contribution is 7.92. The van der Waals surface area contributed by atoms with Crippen LogP contribution in [-0.2, 0) is 25.8 Å². The van der Waals surface area contributed by atoms with E-state index >= 15 is 0 Å². The number of hydrogen-bond donors (Lipinski definition) is 5. The van der Waals surface area contributed by atoms with Crippen LogP contribution in [0.1, 0.15) is 19.4 Å². The molecule has 7 N–H and O–H groups in total. The Morgan fingerprint density at radius 3 is 2.62 bits per heavy atom. The first-order chi connectivity index (χ1) is 11.1. The van der Waals surface area contributed by atoms with Gasteiger partial charge in [-0.05, 0) is 43.7 Å². The second-order valence-electron chi connectivity index (χ2n) is 5.27. The zero-order chi connectivity index (χ0) is 18.5. The predicted octanol–water partition coefficient (Wildman–Crippen LogP) is 1.32. The topological polar surface area (TPSA) is 159 Å². The average Bonchev–Trinajstić information content (AvgIpc) is 2.45. The molecule has 0 fully saturated rings. The number of carbonyl (C=O) groups is 1. The summed E-state index contributed by atoms with van der Waals surface area (Å²) < 4.78 is 25.4. The van der Waals surface area contributed by atoms with Crippen molar-refractivity contribution in [3.8, 4) is 0 Å². The normalized spacial score (nSPS) is 12.9. The molecule has 0 aromatic heterocycles. The minimum atomic E-state index is -3.07. The highest BCUT2D eigenvalue weighted by Crippen LogP contribution is 2.23. The molecule has 0 amide bonds. The van der Waals surface area contributed by atoms with Crippen LogP contribution in [0.3, 0.4) is 0 Å². The Morgan fingerprint density at radius 1 is 1.46 bits per heavy atom. The second-order valence-corrected chi connectivity index (χ2v) is 7.05. The van der Waals surface area contributed by atoms with Gasteiger partial charge in [0.05, 0.1) is 28.2 Å². The molecule has 0 bridgehead atoms. The molecule has 0 unspecified atom stereocenters. The molecule has 0 heterocycles. The summed E-state index contributed by atoms with van der Waals surface area (Å²) >= 11 is 0. The fourth-order valence-corrected chi connectivity index (χ4v) is 3.32. The van der Waals surface area contributed by atoms with E-state index in [0.717, 1.165) is 0 Å². The van der Waals surface area contributed by atoms with Gasteiger partial charge in [0, 0.05) is 11.4 Å². The summed E-state index contributed by atoms with van der Waals surface area (Å²) in [4.78, 5) is 11.9. The van der Waals surface area contributed by atoms with Gasteiger partial charge in [-0.25, -0.2) is 9.56 Å². The van der Waals surface area contributed by atoms with Crippen molar-refractivity contribution in [2.45, 2.75) is 25.2 Å². The Hall–Kier alpha value is -2.17. The van der Waals surface area contributed by atoms with Gasteiger partial charge in [0.25, 0.3) is 0 Å². The van der Waals surface area contributed by atoms with Gasteiger partial charge in [-0.15, -0.1) is 0 Å². The summed E-state index contributed by atoms with van der Waals surface area (Å²) in [5.74, 6) is -0.486. The number of nitrogens with two attached hydrogens (primary N) is 2. The highest BCUT2D eigenvalue weighted by Gasteiger charge is 2.15. The maximum atomic E-state index is 11.6. The lowest BCUT2D eigenvalue weighted by atomic mass is 9.76. The van der Waals surface area contributed by atoms with E-state index < -0.39 is 22.8 Å². The smallest absolute Gasteiger partial charge is 0.405 e. The van der Waals surface area contributed by atoms with E-state index in [4.69, 9.17) is 20.9 Å². The quantitative estimate of drug-likeness (QED) is 0.226. The third-order valence-electron chi connectivity index (χ3n) is 3.15. The van der Waals surface area contributed by atoms with Crippen LogP contribution in [0.4, 0.5) is 5.69 Å². The van der Waals surface area contributed by atoms with E-state index in [1.807, 2.05) is 0 Å². The number of nitrogens with one attached hydrogen (secondary N) is 2. The number of nitrogen functional groups attached to an aromatic ring is 1. The van der Waals surface area contributed by atoms with Crippen LogP contribution in [0.25, 0.3) is 0 Å². The third kappa shape index (κ3) is 5.48. The van der Waals surface area contributed by atoms with Gasteiger partial charge >= 0.3 is 13.0 Å². The molecule has 24 heavy (non-hydrogen) atoms. The largest absolute Gasteiger partial charge is 0.469 e. The number of hydrogen-bond acceptors (Lipinski definition) is 7. The van der Waals surface area contributed by atoms with E-state index in [-0.39, 0.29) is 6.42 Å². The Balaban J connectivity index is 3.33. The first-order valence-electron chi connectivity index (χ1n) is 7.03. The Bertz CT molecular complexity index is 788. The molecule has 130 valence electrons. The van der Waals surface area contributed by atoms with Gasteiger partial charge in [-0.2, -0.15) is 4.40 Å². The number of anilines is 1. The fraction of sp³-hybridized carbons (Fsp3) is 0.286. The standard InChI is InChI=1S/C14H22BN5O3S/c1-9(15(17)22)6-10(2)20-24(18,19)13-5-4-12(16)7-11(13)8-14(21)23-3/h4-7,18-19,22H,8,16-17H2,1-3H3/b9-6+,20-10?. The monoisotopic (exact) mass is 351 g/mol. The van der Waals surface area contributed by atoms with Gasteiger partial charge < -0.3 is 21.1 Å². The second kappa shape index (κ2) is 8.09. The van der Waals surface area contributed by atoms with Crippen LogP contribution in [0.2, 0.25) is 0 Å². The van der Waals surface area contributed by atoms with Crippen molar-refractivity contribution in [3.63, 3.8) is 0 Å². The average molecular weight is 351 g/mol. The maximum absolute atomic E-state index is 11.6. The van der Waals surface area contributed by atoms with Crippen molar-refractivity contribution in [1.29, 1.82) is 9.56 Å². The molecular formula is C14H22BN5O3S. The molecule has 0 aliphatic rings. The summed E-state index contributed by atoms with van der Waals surface area (Å²) in [7, 11) is -2.93. The van der Waals surface area contributed by atoms with Crippen molar-refractivity contribution >= 4 is 34.2 Å². The van der Waals surface area contributed by atoms with Crippen molar-refractivity contribution in [3.05, 3.63) is 35.3 Å². The first kappa shape index (κ1) is 19.9. The van der Waals surface area contributed by atoms with Crippen LogP contribution in [0, 0.1) is 9.56 Å². The minimum absolute atomic E-state index is 0.0890. The fourth-order valence-electron chi connectivity index (χ4n) is 1.96. The van der Waals surface area contributed by atoms with E-state index in [1.54, 1.807) is 26.0 Å². The molecule has 0 radical (unpaired) electrons. The van der Waals surface area contributed by atoms with Crippen molar-refractivity contribution < 1.29 is 14.6 Å². The number of carbonyl (C=O) groups excluding carboxylic acids is 1. The summed E-state index contributed by atoms with van der Waals surface area (Å²) in [6.45, 7) is 3.24. The number of rotatable bonds is 6. The minimum Gasteiger partial charge on any atom is -0.469 e. The highest BCUT2D eigenvalue weighted by atomic mass is 32.2. The lowest BCUT2D eigenvalue weighted by Gasteiger charge is -2.13. The zero-order valence-corrected chi connectivity index (χ0v) is 14.7. The van der Waals surface area contributed by atoms with Crippen molar-refractivity contribution in [1.82, 2.24) is 0 Å². The molecule has 0 saturated heterocycles. The Labute approximate surface area is 142 Å². The predicted molar refractivity (Wildman–Crippen MR) is 96.7 cm³/mol. The zero-order valence-electron chi connectivity index (χ0n) is 13.9. The van der Waals surface area contributed by atoms with Gasteiger partial charge in [0.1, 0.15) is 0 Å². The molecule has 0 aliphatic carbocycles. The van der Waals surface area contributed by atoms with Crippen LogP contribution in [0.15, 0.2) is 39.0 Å². The lowest BCUT2D eigenvalue weighted by Crippen LogP contribution is -2.27. The molecule has 1 aromatic rings. The van der Waals surface area contributed by atoms with E-state index in [9.17, 15) is 9.82 Å². The van der Waals surface area contributed by atoms with Gasteiger partial charge in [-0.1, -0.05) is 5.47 Å². The van der Waals surface area contributed by atoms with Gasteiger partial charge in [0.2, 0.25) is 0 Å². The number of ether oxygens (including phenoxy) is 1. The van der Waals surface area contributed by atoms with Crippen LogP contribution in [-0.4, -0.2) is 30.9 Å². The third-order valence-corrected chi connectivity index (χ3v) is 4.75. The summed E-state index contributed by atoms with van der Waals surface area (Å²) in [6, 6.07) is 4.65. The molecule has 1 aromatic carbocycles. The number of allylic oxidation sites excluding steroid dienone is 2. The van der Waals surface area contributed by atoms with E-state index in [2.05, 4.69) is 9.13 Å². The lowest BCUT2D eigenvalue weighted by molar-refractivity contribution is -0.139. The first-order valence-corrected chi connectivity index (χ1v) is 8.62. The summed E-state index contributed by atoms with van der Waals surface area (Å²) in [5.41, 5.74) is 12.8. The number of esters is 1. The number of nitrogens with zero attached hydrogens (tertiary/aromatic N) is 1. The molecule has 1 rings (SSSR count). The van der Waals surface area contributed by atoms with Crippen molar-refractivity contribution in [2.24, 2.45) is 10.0 Å². The van der Waals surface area contributed by atoms with Crippen molar-refractivity contribution in [2.75, 3.05) is 12.8 Å². The number of benzene rings is 1. The Morgan fingerprint density at radius 2 is 2.08 bits per heavy atom. The summed E-state index contributed by atoms with van der Waals surface area (Å²) in [5, 5.41) is 9.29. The molecule has 0 atom stereocenters. The van der Waals surface area contributed by atoms with Gasteiger partial charge in [-0.3, -0.25) is 4.79 Å². The molecular weight excluding hydrogens is 329 g/mol. The molecule has 0 saturated carbocycles. The Kier molecular flexibility index (Phi) is 6.70. The number of methoxy groups -OCH3 is 1. The molecule has 10 heteroatoms. The molecule has 0 spiro atoms. The maximum Gasteiger partial charge on any atom is 0.405 e.